The maximum Gasteiger partial charge on any atom is 0.300 e. The summed E-state index contributed by atoms with van der Waals surface area (Å²) in [7, 11) is 2.03. The Bertz CT molecular complexity index is 212. The molecule has 0 atom stereocenters. The molecule has 0 bridgehead atoms. The van der Waals surface area contributed by atoms with Crippen LogP contribution in [0.4, 0.5) is 0 Å². The molecule has 2 rings (SSSR count). The van der Waals surface area contributed by atoms with E-state index >= 15 is 0 Å². The predicted octanol–water partition coefficient (Wildman–Crippen LogP) is 0.982. The minimum Gasteiger partial charge on any atom is -0.481 e. The molecular formula is C11H21NO4. The minimum atomic E-state index is -0.833. The van der Waals surface area contributed by atoms with Crippen molar-refractivity contribution in [2.75, 3.05) is 20.3 Å². The molecule has 1 spiro atoms. The second-order valence-electron chi connectivity index (χ2n) is 4.19. The van der Waals surface area contributed by atoms with Crippen molar-refractivity contribution in [2.24, 2.45) is 0 Å². The number of carboxylic acids is 1. The van der Waals surface area contributed by atoms with Crippen LogP contribution in [-0.4, -0.2) is 43.2 Å². The van der Waals surface area contributed by atoms with Gasteiger partial charge in [-0.15, -0.1) is 0 Å². The molecule has 1 aliphatic carbocycles. The summed E-state index contributed by atoms with van der Waals surface area (Å²) in [5.41, 5.74) is 0. The first-order valence-corrected chi connectivity index (χ1v) is 5.73. The Morgan fingerprint density at radius 2 is 1.75 bits per heavy atom. The van der Waals surface area contributed by atoms with Crippen molar-refractivity contribution in [1.29, 1.82) is 0 Å². The van der Waals surface area contributed by atoms with Crippen LogP contribution in [0.2, 0.25) is 0 Å². The maximum absolute atomic E-state index is 9.00. The van der Waals surface area contributed by atoms with Gasteiger partial charge in [0.2, 0.25) is 0 Å². The van der Waals surface area contributed by atoms with Crippen LogP contribution in [0.5, 0.6) is 0 Å². The molecule has 0 amide bonds. The highest BCUT2D eigenvalue weighted by Gasteiger charge is 2.39. The van der Waals surface area contributed by atoms with E-state index in [-0.39, 0.29) is 5.79 Å². The molecule has 1 saturated heterocycles. The van der Waals surface area contributed by atoms with Gasteiger partial charge in [0.15, 0.2) is 5.79 Å². The number of carbonyl (C=O) groups is 1. The van der Waals surface area contributed by atoms with Crippen molar-refractivity contribution in [3.8, 4) is 0 Å². The van der Waals surface area contributed by atoms with E-state index in [9.17, 15) is 0 Å². The van der Waals surface area contributed by atoms with Crippen molar-refractivity contribution in [2.45, 2.75) is 44.4 Å². The average molecular weight is 231 g/mol. The second-order valence-corrected chi connectivity index (χ2v) is 4.19. The molecule has 0 aromatic carbocycles. The summed E-state index contributed by atoms with van der Waals surface area (Å²) in [4.78, 5) is 9.00. The lowest BCUT2D eigenvalue weighted by atomic mass is 9.90. The fourth-order valence-electron chi connectivity index (χ4n) is 2.13. The van der Waals surface area contributed by atoms with E-state index in [1.54, 1.807) is 0 Å². The number of hydrogen-bond acceptors (Lipinski definition) is 4. The average Bonchev–Trinajstić information content (AvgIpc) is 2.67. The van der Waals surface area contributed by atoms with Gasteiger partial charge in [0.05, 0.1) is 13.2 Å². The highest BCUT2D eigenvalue weighted by atomic mass is 16.7. The highest BCUT2D eigenvalue weighted by Crippen LogP contribution is 2.35. The van der Waals surface area contributed by atoms with Gasteiger partial charge in [0.25, 0.3) is 5.97 Å². The fraction of sp³-hybridized carbons (Fsp3) is 0.909. The molecular weight excluding hydrogens is 210 g/mol. The lowest BCUT2D eigenvalue weighted by Crippen LogP contribution is -2.40. The molecule has 1 saturated carbocycles. The van der Waals surface area contributed by atoms with Crippen LogP contribution in [0.3, 0.4) is 0 Å². The van der Waals surface area contributed by atoms with E-state index in [1.165, 1.54) is 12.8 Å². The first-order valence-electron chi connectivity index (χ1n) is 5.73. The third kappa shape index (κ3) is 4.08. The molecule has 0 unspecified atom stereocenters. The Morgan fingerprint density at radius 3 is 2.12 bits per heavy atom. The van der Waals surface area contributed by atoms with Gasteiger partial charge in [0, 0.05) is 25.8 Å². The van der Waals surface area contributed by atoms with Crippen molar-refractivity contribution in [3.05, 3.63) is 0 Å². The molecule has 1 heterocycles. The summed E-state index contributed by atoms with van der Waals surface area (Å²) in [6, 6.07) is 0.670. The fourth-order valence-corrected chi connectivity index (χ4v) is 2.13. The number of rotatable bonds is 1. The molecule has 0 radical (unpaired) electrons. The summed E-state index contributed by atoms with van der Waals surface area (Å²) < 4.78 is 11.2. The highest BCUT2D eigenvalue weighted by molar-refractivity contribution is 5.62. The standard InChI is InChI=1S/C9H17NO2.C2H4O2/c1-10-8-2-4-9(5-3-8)11-6-7-12-9;1-2(3)4/h8,10H,2-7H2,1H3;1H3,(H,3,4). The number of carboxylic acid groups (broad SMARTS) is 1. The van der Waals surface area contributed by atoms with Gasteiger partial charge in [-0.05, 0) is 19.9 Å². The van der Waals surface area contributed by atoms with E-state index in [0.29, 0.717) is 6.04 Å². The normalized spacial score (nSPS) is 23.9. The van der Waals surface area contributed by atoms with Crippen LogP contribution in [0.1, 0.15) is 32.6 Å². The molecule has 2 aliphatic rings. The monoisotopic (exact) mass is 231 g/mol. The van der Waals surface area contributed by atoms with Crippen molar-refractivity contribution < 1.29 is 19.4 Å². The van der Waals surface area contributed by atoms with Crippen molar-refractivity contribution in [1.82, 2.24) is 5.32 Å². The summed E-state index contributed by atoms with van der Waals surface area (Å²) >= 11 is 0. The molecule has 2 fully saturated rings. The molecule has 0 aromatic heterocycles. The van der Waals surface area contributed by atoms with E-state index < -0.39 is 5.97 Å². The summed E-state index contributed by atoms with van der Waals surface area (Å²) in [6.45, 7) is 2.65. The van der Waals surface area contributed by atoms with E-state index in [0.717, 1.165) is 33.0 Å². The van der Waals surface area contributed by atoms with Crippen LogP contribution in [0.25, 0.3) is 0 Å². The molecule has 2 N–H and O–H groups in total. The Kier molecular flexibility index (Phi) is 5.18. The minimum absolute atomic E-state index is 0.187. The molecule has 0 aromatic rings. The SMILES string of the molecule is CC(=O)O.CNC1CCC2(CC1)OCCO2. The molecule has 5 heteroatoms. The Balaban J connectivity index is 0.000000280. The number of aliphatic carboxylic acids is 1. The summed E-state index contributed by atoms with van der Waals surface area (Å²) in [5, 5.41) is 10.7. The largest absolute Gasteiger partial charge is 0.481 e. The van der Waals surface area contributed by atoms with Crippen molar-refractivity contribution >= 4 is 5.97 Å². The zero-order valence-electron chi connectivity index (χ0n) is 9.99. The number of ether oxygens (including phenoxy) is 2. The van der Waals surface area contributed by atoms with E-state index in [4.69, 9.17) is 19.4 Å². The lowest BCUT2D eigenvalue weighted by Gasteiger charge is -2.35. The van der Waals surface area contributed by atoms with E-state index in [1.807, 2.05) is 7.05 Å². The zero-order valence-corrected chi connectivity index (χ0v) is 9.99. The Morgan fingerprint density at radius 1 is 1.31 bits per heavy atom. The molecule has 16 heavy (non-hydrogen) atoms. The van der Waals surface area contributed by atoms with Gasteiger partial charge in [-0.3, -0.25) is 4.79 Å². The van der Waals surface area contributed by atoms with Crippen LogP contribution >= 0.6 is 0 Å². The van der Waals surface area contributed by atoms with Gasteiger partial charge in [-0.25, -0.2) is 0 Å². The molecule has 94 valence electrons. The van der Waals surface area contributed by atoms with Crippen LogP contribution in [0, 0.1) is 0 Å². The third-order valence-electron chi connectivity index (χ3n) is 2.97. The first kappa shape index (κ1) is 13.4. The van der Waals surface area contributed by atoms with Crippen molar-refractivity contribution in [3.63, 3.8) is 0 Å². The van der Waals surface area contributed by atoms with Gasteiger partial charge >= 0.3 is 0 Å². The third-order valence-corrected chi connectivity index (χ3v) is 2.97. The summed E-state index contributed by atoms with van der Waals surface area (Å²) in [6.07, 6.45) is 4.46. The second kappa shape index (κ2) is 6.18. The smallest absolute Gasteiger partial charge is 0.300 e. The lowest BCUT2D eigenvalue weighted by molar-refractivity contribution is -0.179. The zero-order chi connectivity index (χ0) is 12.0. The number of hydrogen-bond donors (Lipinski definition) is 2. The predicted molar refractivity (Wildman–Crippen MR) is 59.3 cm³/mol. The van der Waals surface area contributed by atoms with Crippen LogP contribution in [0.15, 0.2) is 0 Å². The summed E-state index contributed by atoms with van der Waals surface area (Å²) in [5.74, 6) is -1.02. The maximum atomic E-state index is 9.00. The quantitative estimate of drug-likeness (QED) is 0.704. The van der Waals surface area contributed by atoms with Gasteiger partial charge in [0.1, 0.15) is 0 Å². The van der Waals surface area contributed by atoms with Gasteiger partial charge < -0.3 is 19.9 Å². The van der Waals surface area contributed by atoms with Gasteiger partial charge in [-0.1, -0.05) is 0 Å². The topological polar surface area (TPSA) is 67.8 Å². The van der Waals surface area contributed by atoms with Gasteiger partial charge in [-0.2, -0.15) is 0 Å². The first-order chi connectivity index (χ1) is 7.58. The van der Waals surface area contributed by atoms with E-state index in [2.05, 4.69) is 5.32 Å². The number of nitrogens with one attached hydrogen (secondary N) is 1. The van der Waals surface area contributed by atoms with Crippen LogP contribution in [-0.2, 0) is 14.3 Å². The molecule has 1 aliphatic heterocycles. The molecule has 5 nitrogen and oxygen atoms in total. The Hall–Kier alpha value is -0.650. The Labute approximate surface area is 96.1 Å². The van der Waals surface area contributed by atoms with Crippen LogP contribution < -0.4 is 5.32 Å².